The van der Waals surface area contributed by atoms with Gasteiger partial charge < -0.3 is 14.8 Å². The second-order valence-electron chi connectivity index (χ2n) is 4.91. The highest BCUT2D eigenvalue weighted by Gasteiger charge is 2.16. The summed E-state index contributed by atoms with van der Waals surface area (Å²) in [5.41, 5.74) is 3.48. The molecule has 1 N–H and O–H groups in total. The monoisotopic (exact) mass is 285 g/mol. The number of nitrogens with one attached hydrogen (secondary N) is 1. The van der Waals surface area contributed by atoms with Crippen molar-refractivity contribution in [1.29, 1.82) is 0 Å². The Balaban J connectivity index is 2.57. The van der Waals surface area contributed by atoms with Crippen molar-refractivity contribution in [2.24, 2.45) is 0 Å². The Bertz CT molecular complexity index is 596. The molecule has 0 amide bonds. The molecular weight excluding hydrogens is 262 g/mol. The van der Waals surface area contributed by atoms with E-state index < -0.39 is 0 Å². The van der Waals surface area contributed by atoms with E-state index in [1.54, 1.807) is 14.2 Å². The van der Waals surface area contributed by atoms with Crippen molar-refractivity contribution < 1.29 is 9.47 Å². The van der Waals surface area contributed by atoms with Crippen LogP contribution in [-0.4, -0.2) is 20.8 Å². The van der Waals surface area contributed by atoms with Crippen LogP contribution in [0, 0.1) is 0 Å². The van der Waals surface area contributed by atoms with Gasteiger partial charge in [-0.1, -0.05) is 43.3 Å². The Kier molecular flexibility index (Phi) is 5.23. The van der Waals surface area contributed by atoms with Crippen LogP contribution < -0.4 is 14.8 Å². The SMILES string of the molecule is CCNC(C)c1ccccc1-c1cccc(OC)c1OC. The van der Waals surface area contributed by atoms with Crippen molar-refractivity contribution in [3.05, 3.63) is 48.0 Å². The van der Waals surface area contributed by atoms with E-state index in [2.05, 4.69) is 49.5 Å². The quantitative estimate of drug-likeness (QED) is 0.869. The summed E-state index contributed by atoms with van der Waals surface area (Å²) >= 11 is 0. The van der Waals surface area contributed by atoms with Gasteiger partial charge in [-0.2, -0.15) is 0 Å². The zero-order valence-corrected chi connectivity index (χ0v) is 13.1. The third-order valence-corrected chi connectivity index (χ3v) is 3.63. The molecule has 1 unspecified atom stereocenters. The van der Waals surface area contributed by atoms with Gasteiger partial charge >= 0.3 is 0 Å². The third kappa shape index (κ3) is 3.19. The van der Waals surface area contributed by atoms with Gasteiger partial charge in [0.1, 0.15) is 0 Å². The van der Waals surface area contributed by atoms with Crippen LogP contribution in [0.5, 0.6) is 11.5 Å². The lowest BCUT2D eigenvalue weighted by Crippen LogP contribution is -2.18. The molecule has 3 nitrogen and oxygen atoms in total. The van der Waals surface area contributed by atoms with Gasteiger partial charge in [-0.05, 0) is 30.7 Å². The zero-order chi connectivity index (χ0) is 15.2. The smallest absolute Gasteiger partial charge is 0.168 e. The van der Waals surface area contributed by atoms with Gasteiger partial charge in [-0.15, -0.1) is 0 Å². The number of rotatable bonds is 6. The van der Waals surface area contributed by atoms with Gasteiger partial charge in [0.05, 0.1) is 14.2 Å². The van der Waals surface area contributed by atoms with Crippen LogP contribution >= 0.6 is 0 Å². The van der Waals surface area contributed by atoms with Crippen LogP contribution in [-0.2, 0) is 0 Å². The molecule has 0 saturated heterocycles. The van der Waals surface area contributed by atoms with Crippen molar-refractivity contribution >= 4 is 0 Å². The van der Waals surface area contributed by atoms with E-state index in [0.29, 0.717) is 0 Å². The van der Waals surface area contributed by atoms with Crippen LogP contribution in [0.25, 0.3) is 11.1 Å². The summed E-state index contributed by atoms with van der Waals surface area (Å²) in [6, 6.07) is 14.7. The summed E-state index contributed by atoms with van der Waals surface area (Å²) in [6.45, 7) is 5.23. The highest BCUT2D eigenvalue weighted by atomic mass is 16.5. The van der Waals surface area contributed by atoms with Crippen LogP contribution in [0.4, 0.5) is 0 Å². The number of hydrogen-bond donors (Lipinski definition) is 1. The minimum atomic E-state index is 0.280. The fraction of sp³-hybridized carbons (Fsp3) is 0.333. The van der Waals surface area contributed by atoms with Crippen LogP contribution in [0.3, 0.4) is 0 Å². The Hall–Kier alpha value is -2.00. The molecule has 2 aromatic rings. The van der Waals surface area contributed by atoms with Gasteiger partial charge in [-0.25, -0.2) is 0 Å². The second kappa shape index (κ2) is 7.14. The molecule has 1 atom stereocenters. The van der Waals surface area contributed by atoms with Crippen LogP contribution in [0.1, 0.15) is 25.5 Å². The molecule has 112 valence electrons. The summed E-state index contributed by atoms with van der Waals surface area (Å²) in [5, 5.41) is 3.47. The minimum Gasteiger partial charge on any atom is -0.493 e. The number of hydrogen-bond acceptors (Lipinski definition) is 3. The molecule has 0 saturated carbocycles. The molecule has 2 aromatic carbocycles. The molecule has 3 heteroatoms. The topological polar surface area (TPSA) is 30.5 Å². The van der Waals surface area contributed by atoms with Crippen molar-refractivity contribution in [3.63, 3.8) is 0 Å². The Morgan fingerprint density at radius 2 is 1.67 bits per heavy atom. The summed E-state index contributed by atoms with van der Waals surface area (Å²) < 4.78 is 11.0. The van der Waals surface area contributed by atoms with Crippen molar-refractivity contribution in [1.82, 2.24) is 5.32 Å². The molecule has 21 heavy (non-hydrogen) atoms. The van der Waals surface area contributed by atoms with Crippen molar-refractivity contribution in [2.75, 3.05) is 20.8 Å². The van der Waals surface area contributed by atoms with Gasteiger partial charge in [0.15, 0.2) is 11.5 Å². The lowest BCUT2D eigenvalue weighted by molar-refractivity contribution is 0.356. The first kappa shape index (κ1) is 15.4. The Morgan fingerprint density at radius 3 is 2.33 bits per heavy atom. The molecule has 2 rings (SSSR count). The number of methoxy groups -OCH3 is 2. The first-order valence-corrected chi connectivity index (χ1v) is 7.26. The molecule has 0 aliphatic carbocycles. The maximum absolute atomic E-state index is 5.57. The summed E-state index contributed by atoms with van der Waals surface area (Å²) in [5.74, 6) is 1.53. The Labute approximate surface area is 126 Å². The molecule has 0 spiro atoms. The van der Waals surface area contributed by atoms with Crippen molar-refractivity contribution in [2.45, 2.75) is 19.9 Å². The van der Waals surface area contributed by atoms with Gasteiger partial charge in [0.2, 0.25) is 0 Å². The van der Waals surface area contributed by atoms with E-state index in [1.807, 2.05) is 12.1 Å². The first-order valence-electron chi connectivity index (χ1n) is 7.26. The predicted molar refractivity (Wildman–Crippen MR) is 87.1 cm³/mol. The number of benzene rings is 2. The normalized spacial score (nSPS) is 12.0. The van der Waals surface area contributed by atoms with Gasteiger partial charge in [0, 0.05) is 11.6 Å². The summed E-state index contributed by atoms with van der Waals surface area (Å²) in [7, 11) is 3.34. The number of ether oxygens (including phenoxy) is 2. The molecule has 0 aliphatic rings. The van der Waals surface area contributed by atoms with Crippen LogP contribution in [0.2, 0.25) is 0 Å². The second-order valence-corrected chi connectivity index (χ2v) is 4.91. The van der Waals surface area contributed by atoms with E-state index >= 15 is 0 Å². The predicted octanol–water partition coefficient (Wildman–Crippen LogP) is 4.04. The molecule has 0 fully saturated rings. The Morgan fingerprint density at radius 1 is 0.952 bits per heavy atom. The van der Waals surface area contributed by atoms with E-state index in [0.717, 1.165) is 23.6 Å². The molecule has 0 aliphatic heterocycles. The number of para-hydroxylation sites is 1. The third-order valence-electron chi connectivity index (χ3n) is 3.63. The molecule has 0 heterocycles. The average molecular weight is 285 g/mol. The molecule has 0 radical (unpaired) electrons. The maximum atomic E-state index is 5.57. The minimum absolute atomic E-state index is 0.280. The van der Waals surface area contributed by atoms with Crippen molar-refractivity contribution in [3.8, 4) is 22.6 Å². The average Bonchev–Trinajstić information content (AvgIpc) is 2.54. The van der Waals surface area contributed by atoms with E-state index in [-0.39, 0.29) is 6.04 Å². The maximum Gasteiger partial charge on any atom is 0.168 e. The molecular formula is C18H23NO2. The summed E-state index contributed by atoms with van der Waals surface area (Å²) in [4.78, 5) is 0. The fourth-order valence-electron chi connectivity index (χ4n) is 2.64. The van der Waals surface area contributed by atoms with Crippen LogP contribution in [0.15, 0.2) is 42.5 Å². The highest BCUT2D eigenvalue weighted by molar-refractivity contribution is 5.76. The van der Waals surface area contributed by atoms with Gasteiger partial charge in [-0.3, -0.25) is 0 Å². The zero-order valence-electron chi connectivity index (χ0n) is 13.1. The highest BCUT2D eigenvalue weighted by Crippen LogP contribution is 2.40. The summed E-state index contributed by atoms with van der Waals surface area (Å²) in [6.07, 6.45) is 0. The standard InChI is InChI=1S/C18H23NO2/c1-5-19-13(2)14-9-6-7-10-15(14)16-11-8-12-17(20-3)18(16)21-4/h6-13,19H,5H2,1-4H3. The van der Waals surface area contributed by atoms with E-state index in [4.69, 9.17) is 9.47 Å². The fourth-order valence-corrected chi connectivity index (χ4v) is 2.64. The first-order chi connectivity index (χ1) is 10.2. The van der Waals surface area contributed by atoms with Gasteiger partial charge in [0.25, 0.3) is 0 Å². The lowest BCUT2D eigenvalue weighted by Gasteiger charge is -2.19. The molecule has 0 bridgehead atoms. The van der Waals surface area contributed by atoms with E-state index in [1.165, 1.54) is 11.1 Å². The largest absolute Gasteiger partial charge is 0.493 e. The lowest BCUT2D eigenvalue weighted by atomic mass is 9.94. The molecule has 0 aromatic heterocycles. The van der Waals surface area contributed by atoms with E-state index in [9.17, 15) is 0 Å².